The third-order valence-electron chi connectivity index (χ3n) is 3.60. The molecule has 90 valence electrons. The van der Waals surface area contributed by atoms with Crippen molar-refractivity contribution < 1.29 is 4.39 Å². The van der Waals surface area contributed by atoms with Crippen LogP contribution in [0.3, 0.4) is 0 Å². The maximum absolute atomic E-state index is 14.1. The molecule has 3 nitrogen and oxygen atoms in total. The molecule has 0 amide bonds. The number of hydrogen-bond donors (Lipinski definition) is 0. The second-order valence-electron chi connectivity index (χ2n) is 4.95. The van der Waals surface area contributed by atoms with Crippen LogP contribution in [0.5, 0.6) is 0 Å². The van der Waals surface area contributed by atoms with Gasteiger partial charge in [0, 0.05) is 17.6 Å². The van der Waals surface area contributed by atoms with Gasteiger partial charge in [0.1, 0.15) is 11.0 Å². The van der Waals surface area contributed by atoms with Crippen LogP contribution in [-0.4, -0.2) is 30.5 Å². The van der Waals surface area contributed by atoms with E-state index < -0.39 is 6.17 Å². The Bertz CT molecular complexity index is 586. The minimum absolute atomic E-state index is 0.129. The minimum Gasteiger partial charge on any atom is -0.265 e. The highest BCUT2D eigenvalue weighted by atomic mass is 32.1. The lowest BCUT2D eigenvalue weighted by atomic mass is 9.42. The normalized spacial score (nSPS) is 24.3. The largest absolute Gasteiger partial charge is 0.270 e. The molecule has 2 aromatic rings. The Balaban J connectivity index is 1.86. The molecule has 2 atom stereocenters. The number of fused-ring (bicyclic) bond motifs is 1. The highest BCUT2D eigenvalue weighted by molar-refractivity contribution is 7.25. The van der Waals surface area contributed by atoms with Gasteiger partial charge in [-0.15, -0.1) is 11.3 Å². The van der Waals surface area contributed by atoms with E-state index in [0.29, 0.717) is 12.7 Å². The maximum atomic E-state index is 14.1. The fraction of sp³-hybridized carbons (Fsp3) is 0.455. The predicted octanol–water partition coefficient (Wildman–Crippen LogP) is 1.20. The van der Waals surface area contributed by atoms with Crippen molar-refractivity contribution in [1.29, 1.82) is 5.26 Å². The van der Waals surface area contributed by atoms with Gasteiger partial charge >= 0.3 is 0 Å². The summed E-state index contributed by atoms with van der Waals surface area (Å²) < 4.78 is 17.1. The summed E-state index contributed by atoms with van der Waals surface area (Å²) in [5.41, 5.74) is 0. The zero-order valence-corrected chi connectivity index (χ0v) is 11.0. The fourth-order valence-electron chi connectivity index (χ4n) is 2.65. The van der Waals surface area contributed by atoms with E-state index in [4.69, 9.17) is 5.26 Å². The van der Waals surface area contributed by atoms with Gasteiger partial charge in [0.15, 0.2) is 7.85 Å². The van der Waals surface area contributed by atoms with Gasteiger partial charge in [-0.05, 0) is 23.6 Å². The van der Waals surface area contributed by atoms with Gasteiger partial charge in [0.05, 0.1) is 6.04 Å². The van der Waals surface area contributed by atoms with Crippen LogP contribution in [0.15, 0.2) is 12.3 Å². The van der Waals surface area contributed by atoms with Crippen molar-refractivity contribution in [3.63, 3.8) is 0 Å². The van der Waals surface area contributed by atoms with Gasteiger partial charge in [0.2, 0.25) is 0 Å². The summed E-state index contributed by atoms with van der Waals surface area (Å²) in [7, 11) is 2.05. The molecule has 1 aliphatic rings. The van der Waals surface area contributed by atoms with E-state index in [2.05, 4.69) is 17.1 Å². The molecule has 1 saturated heterocycles. The third kappa shape index (κ3) is 1.95. The molecule has 2 unspecified atom stereocenters. The van der Waals surface area contributed by atoms with Gasteiger partial charge in [-0.1, -0.05) is 6.32 Å². The predicted molar refractivity (Wildman–Crippen MR) is 75.3 cm³/mol. The molecular formula is C11H12B2FN3S. The molecule has 0 spiro atoms. The first-order valence-corrected chi connectivity index (χ1v) is 6.98. The monoisotopic (exact) mass is 259 g/mol. The van der Waals surface area contributed by atoms with E-state index in [1.54, 1.807) is 16.0 Å². The topological polar surface area (TPSA) is 41.6 Å². The highest BCUT2D eigenvalue weighted by Crippen LogP contribution is 2.32. The van der Waals surface area contributed by atoms with Gasteiger partial charge < -0.3 is 0 Å². The second-order valence-corrected chi connectivity index (χ2v) is 6.18. The van der Waals surface area contributed by atoms with E-state index >= 15 is 0 Å². The van der Waals surface area contributed by atoms with E-state index in [-0.39, 0.29) is 12.8 Å². The summed E-state index contributed by atoms with van der Waals surface area (Å²) in [6, 6.07) is 1.88. The Labute approximate surface area is 110 Å². The zero-order valence-electron chi connectivity index (χ0n) is 10.1. The number of thiophene rings is 1. The SMILES string of the molecule is Bc1cc2cn(C3CCB(C#N)CC3F)nc2s1. The third-order valence-corrected chi connectivity index (χ3v) is 4.55. The quantitative estimate of drug-likeness (QED) is 0.722. The van der Waals surface area contributed by atoms with E-state index in [9.17, 15) is 4.39 Å². The summed E-state index contributed by atoms with van der Waals surface area (Å²) in [5, 5.41) is 14.4. The van der Waals surface area contributed by atoms with Crippen LogP contribution in [0.4, 0.5) is 4.39 Å². The summed E-state index contributed by atoms with van der Waals surface area (Å²) in [6.45, 7) is -0.129. The van der Waals surface area contributed by atoms with Crippen LogP contribution in [-0.2, 0) is 0 Å². The molecule has 0 bridgehead atoms. The smallest absolute Gasteiger partial charge is 0.265 e. The number of aromatic nitrogens is 2. The molecule has 18 heavy (non-hydrogen) atoms. The molecule has 7 heteroatoms. The van der Waals surface area contributed by atoms with Crippen LogP contribution >= 0.6 is 11.3 Å². The van der Waals surface area contributed by atoms with Gasteiger partial charge in [-0.25, -0.2) is 9.65 Å². The van der Waals surface area contributed by atoms with E-state index in [1.807, 2.05) is 14.0 Å². The number of rotatable bonds is 1. The summed E-state index contributed by atoms with van der Waals surface area (Å²) >= 11 is 1.64. The molecule has 3 heterocycles. The van der Waals surface area contributed by atoms with Crippen molar-refractivity contribution in [3.8, 4) is 5.97 Å². The zero-order chi connectivity index (χ0) is 12.7. The Hall–Kier alpha value is -1.28. The van der Waals surface area contributed by atoms with E-state index in [0.717, 1.165) is 16.5 Å². The first-order chi connectivity index (χ1) is 8.67. The van der Waals surface area contributed by atoms with Crippen molar-refractivity contribution in [2.24, 2.45) is 0 Å². The number of hydrogen-bond acceptors (Lipinski definition) is 3. The fourth-order valence-corrected chi connectivity index (χ4v) is 3.51. The van der Waals surface area contributed by atoms with Crippen LogP contribution in [0.1, 0.15) is 12.5 Å². The van der Waals surface area contributed by atoms with Crippen LogP contribution in [0.2, 0.25) is 12.6 Å². The number of nitriles is 1. The van der Waals surface area contributed by atoms with Gasteiger partial charge in [0.25, 0.3) is 6.71 Å². The lowest BCUT2D eigenvalue weighted by Crippen LogP contribution is -2.32. The van der Waals surface area contributed by atoms with Crippen LogP contribution in [0.25, 0.3) is 10.2 Å². The number of halogens is 1. The molecule has 2 aromatic heterocycles. The van der Waals surface area contributed by atoms with Crippen molar-refractivity contribution in [2.45, 2.75) is 31.3 Å². The second kappa shape index (κ2) is 4.43. The molecule has 1 aliphatic heterocycles. The Morgan fingerprint density at radius 3 is 3.17 bits per heavy atom. The van der Waals surface area contributed by atoms with Crippen LogP contribution < -0.4 is 4.78 Å². The first-order valence-electron chi connectivity index (χ1n) is 6.16. The number of nitrogens with zero attached hydrogens (tertiary/aromatic N) is 3. The lowest BCUT2D eigenvalue weighted by Gasteiger charge is -2.27. The van der Waals surface area contributed by atoms with Gasteiger partial charge in [-0.3, -0.25) is 4.68 Å². The Morgan fingerprint density at radius 2 is 2.50 bits per heavy atom. The summed E-state index contributed by atoms with van der Waals surface area (Å²) in [4.78, 5) is 0.974. The van der Waals surface area contributed by atoms with E-state index in [1.165, 1.54) is 4.78 Å². The summed E-state index contributed by atoms with van der Waals surface area (Å²) in [5.74, 6) is 2.17. The maximum Gasteiger partial charge on any atom is 0.270 e. The Kier molecular flexibility index (Phi) is 2.90. The molecular weight excluding hydrogens is 247 g/mol. The molecule has 0 N–H and O–H groups in total. The Morgan fingerprint density at radius 1 is 1.67 bits per heavy atom. The molecule has 3 rings (SSSR count). The summed E-state index contributed by atoms with van der Waals surface area (Å²) in [6.07, 6.45) is 2.79. The van der Waals surface area contributed by atoms with Crippen molar-refractivity contribution in [3.05, 3.63) is 12.3 Å². The average molecular weight is 259 g/mol. The van der Waals surface area contributed by atoms with Crippen LogP contribution in [0, 0.1) is 11.2 Å². The molecule has 0 saturated carbocycles. The van der Waals surface area contributed by atoms with Crippen molar-refractivity contribution in [2.75, 3.05) is 0 Å². The highest BCUT2D eigenvalue weighted by Gasteiger charge is 2.34. The first kappa shape index (κ1) is 11.8. The molecule has 0 radical (unpaired) electrons. The standard InChI is InChI=1S/C11H12B2FN3S/c12-10-3-7-5-17(16-11(7)18-10)9-1-2-13(6-15)4-8(9)14/h3,5,8-9H,1-2,4,12H2. The van der Waals surface area contributed by atoms with Gasteiger partial charge in [-0.2, -0.15) is 5.10 Å². The number of alkyl halides is 1. The van der Waals surface area contributed by atoms with Crippen molar-refractivity contribution >= 4 is 40.9 Å². The molecule has 0 aliphatic carbocycles. The molecule has 0 aromatic carbocycles. The lowest BCUT2D eigenvalue weighted by molar-refractivity contribution is 0.221. The van der Waals surface area contributed by atoms with Crippen molar-refractivity contribution in [1.82, 2.24) is 9.78 Å². The average Bonchev–Trinajstić information content (AvgIpc) is 2.85. The minimum atomic E-state index is -0.960. The molecule has 1 fully saturated rings.